The zero-order chi connectivity index (χ0) is 14.3. The van der Waals surface area contributed by atoms with Gasteiger partial charge in [0.25, 0.3) is 0 Å². The summed E-state index contributed by atoms with van der Waals surface area (Å²) in [7, 11) is 0. The summed E-state index contributed by atoms with van der Waals surface area (Å²) in [6.07, 6.45) is 0.518. The minimum atomic E-state index is -0.745. The quantitative estimate of drug-likeness (QED) is 0.603. The molecule has 1 rings (SSSR count). The normalized spacial score (nSPS) is 11.9. The molecule has 0 aliphatic rings. The first-order valence-corrected chi connectivity index (χ1v) is 6.67. The maximum absolute atomic E-state index is 11.3. The topological polar surface area (TPSA) is 87.4 Å². The Morgan fingerprint density at radius 1 is 1.42 bits per heavy atom. The number of nitrogen functional groups attached to an aromatic ring is 1. The molecule has 5 nitrogen and oxygen atoms in total. The van der Waals surface area contributed by atoms with E-state index in [1.165, 1.54) is 0 Å². The van der Waals surface area contributed by atoms with Gasteiger partial charge in [-0.25, -0.2) is 4.79 Å². The van der Waals surface area contributed by atoms with Gasteiger partial charge in [-0.05, 0) is 31.0 Å². The molecule has 0 radical (unpaired) electrons. The number of urea groups is 1. The van der Waals surface area contributed by atoms with E-state index in [2.05, 4.69) is 10.6 Å². The summed E-state index contributed by atoms with van der Waals surface area (Å²) in [4.78, 5) is 11.3. The Bertz CT molecular complexity index is 426. The molecule has 0 saturated heterocycles. The van der Waals surface area contributed by atoms with Crippen molar-refractivity contribution in [2.45, 2.75) is 25.9 Å². The van der Waals surface area contributed by atoms with Crippen LogP contribution in [0.3, 0.4) is 0 Å². The second kappa shape index (κ2) is 7.86. The Kier molecular flexibility index (Phi) is 6.45. The van der Waals surface area contributed by atoms with Gasteiger partial charge >= 0.3 is 6.03 Å². The summed E-state index contributed by atoms with van der Waals surface area (Å²) in [5.41, 5.74) is 6.85. The van der Waals surface area contributed by atoms with E-state index in [4.69, 9.17) is 17.3 Å². The van der Waals surface area contributed by atoms with Gasteiger partial charge in [0.05, 0.1) is 6.10 Å². The van der Waals surface area contributed by atoms with Crippen molar-refractivity contribution in [3.05, 3.63) is 28.8 Å². The number of hydrogen-bond acceptors (Lipinski definition) is 3. The number of benzene rings is 1. The minimum Gasteiger partial charge on any atom is -0.398 e. The van der Waals surface area contributed by atoms with Gasteiger partial charge in [0.15, 0.2) is 0 Å². The molecule has 1 unspecified atom stereocenters. The van der Waals surface area contributed by atoms with Crippen LogP contribution in [0.15, 0.2) is 18.2 Å². The van der Waals surface area contributed by atoms with Crippen molar-refractivity contribution in [2.75, 3.05) is 18.8 Å². The number of carbonyl (C=O) groups is 1. The van der Waals surface area contributed by atoms with Gasteiger partial charge < -0.3 is 21.5 Å². The van der Waals surface area contributed by atoms with E-state index in [1.54, 1.807) is 18.2 Å². The monoisotopic (exact) mass is 285 g/mol. The van der Waals surface area contributed by atoms with Crippen molar-refractivity contribution in [2.24, 2.45) is 0 Å². The number of anilines is 1. The Morgan fingerprint density at radius 3 is 2.79 bits per heavy atom. The first-order chi connectivity index (χ1) is 9.04. The van der Waals surface area contributed by atoms with Crippen molar-refractivity contribution in [1.29, 1.82) is 0 Å². The van der Waals surface area contributed by atoms with Crippen molar-refractivity contribution < 1.29 is 9.90 Å². The standard InChI is InChI=1S/C13H20ClN3O2/c1-2-6-16-13(19)17-7-5-12(18)10-8-9(14)3-4-11(10)15/h3-4,8,12,18H,2,5-7,15H2,1H3,(H2,16,17,19). The van der Waals surface area contributed by atoms with Crippen LogP contribution in [0.5, 0.6) is 0 Å². The maximum atomic E-state index is 11.3. The molecule has 1 aromatic carbocycles. The smallest absolute Gasteiger partial charge is 0.314 e. The van der Waals surface area contributed by atoms with E-state index in [-0.39, 0.29) is 6.03 Å². The van der Waals surface area contributed by atoms with Gasteiger partial charge in [0.2, 0.25) is 0 Å². The van der Waals surface area contributed by atoms with E-state index < -0.39 is 6.10 Å². The fourth-order valence-corrected chi connectivity index (χ4v) is 1.79. The number of rotatable bonds is 6. The van der Waals surface area contributed by atoms with E-state index in [0.29, 0.717) is 35.8 Å². The summed E-state index contributed by atoms with van der Waals surface area (Å²) >= 11 is 5.86. The van der Waals surface area contributed by atoms with Gasteiger partial charge in [-0.2, -0.15) is 0 Å². The second-order valence-electron chi connectivity index (χ2n) is 4.26. The fourth-order valence-electron chi connectivity index (χ4n) is 1.61. The molecule has 0 heterocycles. The van der Waals surface area contributed by atoms with Crippen LogP contribution in [0, 0.1) is 0 Å². The van der Waals surface area contributed by atoms with Crippen LogP contribution in [0.25, 0.3) is 0 Å². The lowest BCUT2D eigenvalue weighted by molar-refractivity contribution is 0.167. The highest BCUT2D eigenvalue weighted by Crippen LogP contribution is 2.25. The molecule has 0 aliphatic carbocycles. The number of nitrogens with one attached hydrogen (secondary N) is 2. The van der Waals surface area contributed by atoms with Crippen LogP contribution in [0.4, 0.5) is 10.5 Å². The minimum absolute atomic E-state index is 0.229. The molecule has 0 fully saturated rings. The Hall–Kier alpha value is -1.46. The van der Waals surface area contributed by atoms with Crippen molar-refractivity contribution in [1.82, 2.24) is 10.6 Å². The molecule has 19 heavy (non-hydrogen) atoms. The first-order valence-electron chi connectivity index (χ1n) is 6.29. The van der Waals surface area contributed by atoms with E-state index in [0.717, 1.165) is 6.42 Å². The highest BCUT2D eigenvalue weighted by molar-refractivity contribution is 6.30. The Balaban J connectivity index is 2.41. The third-order valence-electron chi connectivity index (χ3n) is 2.65. The van der Waals surface area contributed by atoms with Gasteiger partial charge in [0.1, 0.15) is 0 Å². The van der Waals surface area contributed by atoms with Gasteiger partial charge in [-0.3, -0.25) is 0 Å². The molecular formula is C13H20ClN3O2. The lowest BCUT2D eigenvalue weighted by atomic mass is 10.0. The number of amides is 2. The summed E-state index contributed by atoms with van der Waals surface area (Å²) in [5, 5.41) is 15.9. The SMILES string of the molecule is CCCNC(=O)NCCC(O)c1cc(Cl)ccc1N. The summed E-state index contributed by atoms with van der Waals surface area (Å²) < 4.78 is 0. The van der Waals surface area contributed by atoms with Crippen molar-refractivity contribution in [3.63, 3.8) is 0 Å². The lowest BCUT2D eigenvalue weighted by Gasteiger charge is -2.14. The highest BCUT2D eigenvalue weighted by atomic mass is 35.5. The van der Waals surface area contributed by atoms with E-state index >= 15 is 0 Å². The average molecular weight is 286 g/mol. The molecular weight excluding hydrogens is 266 g/mol. The molecule has 0 spiro atoms. The predicted molar refractivity (Wildman–Crippen MR) is 77.1 cm³/mol. The largest absolute Gasteiger partial charge is 0.398 e. The first kappa shape index (κ1) is 15.6. The molecule has 0 saturated carbocycles. The number of carbonyl (C=O) groups excluding carboxylic acids is 1. The number of aliphatic hydroxyl groups excluding tert-OH is 1. The lowest BCUT2D eigenvalue weighted by Crippen LogP contribution is -2.36. The van der Waals surface area contributed by atoms with Gasteiger partial charge in [-0.1, -0.05) is 18.5 Å². The number of hydrogen-bond donors (Lipinski definition) is 4. The number of halogens is 1. The van der Waals surface area contributed by atoms with Crippen molar-refractivity contribution >= 4 is 23.3 Å². The van der Waals surface area contributed by atoms with Crippen LogP contribution in [-0.2, 0) is 0 Å². The van der Waals surface area contributed by atoms with E-state index in [9.17, 15) is 9.90 Å². The summed E-state index contributed by atoms with van der Waals surface area (Å²) in [6.45, 7) is 2.98. The third-order valence-corrected chi connectivity index (χ3v) is 2.88. The fraction of sp³-hybridized carbons (Fsp3) is 0.462. The van der Waals surface area contributed by atoms with Crippen LogP contribution in [-0.4, -0.2) is 24.2 Å². The van der Waals surface area contributed by atoms with Crippen LogP contribution >= 0.6 is 11.6 Å². The third kappa shape index (κ3) is 5.36. The van der Waals surface area contributed by atoms with Crippen LogP contribution in [0.1, 0.15) is 31.4 Å². The van der Waals surface area contributed by atoms with E-state index in [1.807, 2.05) is 6.92 Å². The van der Waals surface area contributed by atoms with Gasteiger partial charge in [0, 0.05) is 29.4 Å². The molecule has 0 aliphatic heterocycles. The highest BCUT2D eigenvalue weighted by Gasteiger charge is 2.12. The van der Waals surface area contributed by atoms with Crippen LogP contribution < -0.4 is 16.4 Å². The molecule has 5 N–H and O–H groups in total. The van der Waals surface area contributed by atoms with Crippen molar-refractivity contribution in [3.8, 4) is 0 Å². The Morgan fingerprint density at radius 2 is 2.11 bits per heavy atom. The number of nitrogens with two attached hydrogens (primary N) is 1. The molecule has 0 aromatic heterocycles. The zero-order valence-corrected chi connectivity index (χ0v) is 11.7. The van der Waals surface area contributed by atoms with Gasteiger partial charge in [-0.15, -0.1) is 0 Å². The Labute approximate surface area is 118 Å². The predicted octanol–water partition coefficient (Wildman–Crippen LogP) is 2.05. The molecule has 6 heteroatoms. The summed E-state index contributed by atoms with van der Waals surface area (Å²) in [6, 6.07) is 4.73. The summed E-state index contributed by atoms with van der Waals surface area (Å²) in [5.74, 6) is 0. The molecule has 1 atom stereocenters. The number of aliphatic hydroxyl groups is 1. The second-order valence-corrected chi connectivity index (χ2v) is 4.70. The van der Waals surface area contributed by atoms with Crippen LogP contribution in [0.2, 0.25) is 5.02 Å². The molecule has 106 valence electrons. The maximum Gasteiger partial charge on any atom is 0.314 e. The zero-order valence-electron chi connectivity index (χ0n) is 10.9. The molecule has 0 bridgehead atoms. The molecule has 1 aromatic rings. The molecule has 2 amide bonds. The average Bonchev–Trinajstić information content (AvgIpc) is 2.39.